The predicted molar refractivity (Wildman–Crippen MR) is 73.2 cm³/mol. The van der Waals surface area contributed by atoms with Crippen LogP contribution in [0.15, 0.2) is 0 Å². The first-order valence-electron chi connectivity index (χ1n) is 6.56. The fraction of sp³-hybridized carbons (Fsp3) is 0.769. The molecule has 0 aromatic carbocycles. The van der Waals surface area contributed by atoms with Gasteiger partial charge >= 0.3 is 6.18 Å². The number of aromatic nitrogens is 1. The second kappa shape index (κ2) is 5.18. The van der Waals surface area contributed by atoms with Gasteiger partial charge in [-0.05, 0) is 12.8 Å². The predicted octanol–water partition coefficient (Wildman–Crippen LogP) is 3.46. The van der Waals surface area contributed by atoms with Gasteiger partial charge in [0.1, 0.15) is 6.54 Å². The molecule has 2 rings (SSSR count). The number of anilines is 1. The topological polar surface area (TPSA) is 36.4 Å². The number of aliphatic hydroxyl groups excluding tert-OH is 1. The second-order valence-corrected chi connectivity index (χ2v) is 7.21. The lowest BCUT2D eigenvalue weighted by Gasteiger charge is -2.23. The summed E-state index contributed by atoms with van der Waals surface area (Å²) in [5.74, 6) is 0. The van der Waals surface area contributed by atoms with Gasteiger partial charge in [0.2, 0.25) is 0 Å². The van der Waals surface area contributed by atoms with Crippen LogP contribution >= 0.6 is 11.3 Å². The summed E-state index contributed by atoms with van der Waals surface area (Å²) in [5.41, 5.74) is 0.396. The molecule has 1 aliphatic rings. The molecular formula is C13H19F3N2OS. The molecule has 0 amide bonds. The van der Waals surface area contributed by atoms with Crippen LogP contribution in [0.1, 0.15) is 44.2 Å². The third-order valence-electron chi connectivity index (χ3n) is 3.12. The van der Waals surface area contributed by atoms with E-state index in [9.17, 15) is 18.3 Å². The van der Waals surface area contributed by atoms with Gasteiger partial charge in [0.05, 0.1) is 17.2 Å². The lowest BCUT2D eigenvalue weighted by atomic mass is 9.91. The zero-order valence-corrected chi connectivity index (χ0v) is 12.6. The first-order valence-corrected chi connectivity index (χ1v) is 7.38. The smallest absolute Gasteiger partial charge is 0.391 e. The van der Waals surface area contributed by atoms with Crippen molar-refractivity contribution in [1.82, 2.24) is 4.98 Å². The van der Waals surface area contributed by atoms with Gasteiger partial charge < -0.3 is 10.0 Å². The summed E-state index contributed by atoms with van der Waals surface area (Å²) < 4.78 is 38.1. The van der Waals surface area contributed by atoms with Crippen molar-refractivity contribution in [2.75, 3.05) is 11.4 Å². The third-order valence-corrected chi connectivity index (χ3v) is 4.20. The molecule has 0 unspecified atom stereocenters. The van der Waals surface area contributed by atoms with Gasteiger partial charge in [-0.15, -0.1) is 0 Å². The summed E-state index contributed by atoms with van der Waals surface area (Å²) in [4.78, 5) is 6.37. The molecular weight excluding hydrogens is 289 g/mol. The molecule has 1 aromatic rings. The van der Waals surface area contributed by atoms with Crippen molar-refractivity contribution >= 4 is 16.5 Å². The standard InChI is InChI=1S/C13H19F3N2OS/c1-12(2,3)10-9(6-19)20-11(17-10)18(8-4-5-8)7-13(14,15)16/h8,19H,4-7H2,1-3H3. The number of hydrogen-bond acceptors (Lipinski definition) is 4. The summed E-state index contributed by atoms with van der Waals surface area (Å²) in [5, 5.41) is 9.77. The highest BCUT2D eigenvalue weighted by Gasteiger charge is 2.40. The number of aliphatic hydroxyl groups is 1. The molecule has 1 saturated carbocycles. The summed E-state index contributed by atoms with van der Waals surface area (Å²) in [6.45, 7) is 4.66. The molecule has 1 aromatic heterocycles. The largest absolute Gasteiger partial charge is 0.406 e. The molecule has 1 heterocycles. The van der Waals surface area contributed by atoms with E-state index in [1.54, 1.807) is 0 Å². The Hall–Kier alpha value is -0.820. The Morgan fingerprint density at radius 2 is 1.90 bits per heavy atom. The van der Waals surface area contributed by atoms with E-state index in [0.29, 0.717) is 15.7 Å². The lowest BCUT2D eigenvalue weighted by Crippen LogP contribution is -2.36. The van der Waals surface area contributed by atoms with Crippen molar-refractivity contribution in [3.05, 3.63) is 10.6 Å². The highest BCUT2D eigenvalue weighted by atomic mass is 32.1. The molecule has 3 nitrogen and oxygen atoms in total. The molecule has 0 saturated heterocycles. The molecule has 0 radical (unpaired) electrons. The SMILES string of the molecule is CC(C)(C)c1nc(N(CC(F)(F)F)C2CC2)sc1CO. The fourth-order valence-corrected chi connectivity index (χ4v) is 3.29. The monoisotopic (exact) mass is 308 g/mol. The van der Waals surface area contributed by atoms with Crippen molar-refractivity contribution in [2.24, 2.45) is 0 Å². The maximum atomic E-state index is 12.7. The van der Waals surface area contributed by atoms with Crippen LogP contribution in [0, 0.1) is 0 Å². The second-order valence-electron chi connectivity index (χ2n) is 6.15. The Morgan fingerprint density at radius 3 is 2.25 bits per heavy atom. The maximum Gasteiger partial charge on any atom is 0.406 e. The van der Waals surface area contributed by atoms with Gasteiger partial charge in [0, 0.05) is 11.5 Å². The highest BCUT2D eigenvalue weighted by molar-refractivity contribution is 7.15. The van der Waals surface area contributed by atoms with E-state index in [4.69, 9.17) is 0 Å². The van der Waals surface area contributed by atoms with Gasteiger partial charge in [-0.1, -0.05) is 32.1 Å². The maximum absolute atomic E-state index is 12.7. The number of thiazole rings is 1. The van der Waals surface area contributed by atoms with Crippen molar-refractivity contribution in [3.8, 4) is 0 Å². The normalized spacial score (nSPS) is 16.6. The van der Waals surface area contributed by atoms with E-state index in [0.717, 1.165) is 12.8 Å². The van der Waals surface area contributed by atoms with Crippen LogP contribution < -0.4 is 4.90 Å². The van der Waals surface area contributed by atoms with E-state index in [1.807, 2.05) is 20.8 Å². The van der Waals surface area contributed by atoms with Crippen LogP contribution in [0.25, 0.3) is 0 Å². The van der Waals surface area contributed by atoms with Crippen molar-refractivity contribution < 1.29 is 18.3 Å². The molecule has 0 bridgehead atoms. The van der Waals surface area contributed by atoms with Crippen LogP contribution in [0.3, 0.4) is 0 Å². The summed E-state index contributed by atoms with van der Waals surface area (Å²) in [6, 6.07) is -0.0675. The zero-order chi connectivity index (χ0) is 15.1. The lowest BCUT2D eigenvalue weighted by molar-refractivity contribution is -0.120. The average Bonchev–Trinajstić information content (AvgIpc) is 3.01. The van der Waals surface area contributed by atoms with Crippen LogP contribution in [-0.4, -0.2) is 28.9 Å². The molecule has 20 heavy (non-hydrogen) atoms. The molecule has 0 atom stereocenters. The first kappa shape index (κ1) is 15.6. The van der Waals surface area contributed by atoms with E-state index >= 15 is 0 Å². The van der Waals surface area contributed by atoms with Gasteiger partial charge in [-0.2, -0.15) is 13.2 Å². The molecule has 1 N–H and O–H groups in total. The molecule has 1 aliphatic carbocycles. The zero-order valence-electron chi connectivity index (χ0n) is 11.8. The number of rotatable bonds is 4. The van der Waals surface area contributed by atoms with Gasteiger partial charge in [-0.25, -0.2) is 4.98 Å². The summed E-state index contributed by atoms with van der Waals surface area (Å²) in [7, 11) is 0. The van der Waals surface area contributed by atoms with E-state index in [-0.39, 0.29) is 18.1 Å². The van der Waals surface area contributed by atoms with Gasteiger partial charge in [0.25, 0.3) is 0 Å². The van der Waals surface area contributed by atoms with Gasteiger partial charge in [-0.3, -0.25) is 0 Å². The van der Waals surface area contributed by atoms with Crippen LogP contribution in [0.4, 0.5) is 18.3 Å². The third kappa shape index (κ3) is 3.63. The minimum absolute atomic E-state index is 0.0675. The number of alkyl halides is 3. The number of halogens is 3. The molecule has 7 heteroatoms. The Balaban J connectivity index is 2.32. The highest BCUT2D eigenvalue weighted by Crippen LogP contribution is 2.39. The van der Waals surface area contributed by atoms with Crippen molar-refractivity contribution in [1.29, 1.82) is 0 Å². The van der Waals surface area contributed by atoms with E-state index in [1.165, 1.54) is 16.2 Å². The van der Waals surface area contributed by atoms with E-state index < -0.39 is 12.7 Å². The Labute approximate surface area is 120 Å². The Bertz CT molecular complexity index is 475. The quantitative estimate of drug-likeness (QED) is 0.925. The van der Waals surface area contributed by atoms with Crippen LogP contribution in [0.5, 0.6) is 0 Å². The minimum Gasteiger partial charge on any atom is -0.391 e. The fourth-order valence-electron chi connectivity index (χ4n) is 2.09. The molecule has 0 aliphatic heterocycles. The number of hydrogen-bond donors (Lipinski definition) is 1. The molecule has 114 valence electrons. The first-order chi connectivity index (χ1) is 9.12. The Morgan fingerprint density at radius 1 is 1.30 bits per heavy atom. The van der Waals surface area contributed by atoms with Crippen molar-refractivity contribution in [3.63, 3.8) is 0 Å². The van der Waals surface area contributed by atoms with E-state index in [2.05, 4.69) is 4.98 Å². The number of nitrogens with zero attached hydrogens (tertiary/aromatic N) is 2. The van der Waals surface area contributed by atoms with Crippen LogP contribution in [-0.2, 0) is 12.0 Å². The minimum atomic E-state index is -4.24. The van der Waals surface area contributed by atoms with Gasteiger partial charge in [0.15, 0.2) is 5.13 Å². The summed E-state index contributed by atoms with van der Waals surface area (Å²) >= 11 is 1.17. The average molecular weight is 308 g/mol. The van der Waals surface area contributed by atoms with Crippen molar-refractivity contribution in [2.45, 2.75) is 57.9 Å². The molecule has 1 fully saturated rings. The Kier molecular flexibility index (Phi) is 4.03. The molecule has 0 spiro atoms. The summed E-state index contributed by atoms with van der Waals surface area (Å²) in [6.07, 6.45) is -2.69. The van der Waals surface area contributed by atoms with Crippen LogP contribution in [0.2, 0.25) is 0 Å².